The van der Waals surface area contributed by atoms with Gasteiger partial charge in [-0.25, -0.2) is 0 Å². The summed E-state index contributed by atoms with van der Waals surface area (Å²) in [6, 6.07) is 48.0. The van der Waals surface area contributed by atoms with Crippen LogP contribution < -0.4 is 9.80 Å². The molecular formula is C59H64N2. The van der Waals surface area contributed by atoms with Crippen molar-refractivity contribution in [2.75, 3.05) is 9.80 Å². The Kier molecular flexibility index (Phi) is 17.7. The highest BCUT2D eigenvalue weighted by atomic mass is 15.2. The summed E-state index contributed by atoms with van der Waals surface area (Å²) in [5, 5.41) is 0. The lowest BCUT2D eigenvalue weighted by molar-refractivity contribution is 0.719. The Morgan fingerprint density at radius 3 is 1.84 bits per heavy atom. The third kappa shape index (κ3) is 11.6. The van der Waals surface area contributed by atoms with Crippen molar-refractivity contribution >= 4 is 22.6 Å². The number of benzene rings is 5. The van der Waals surface area contributed by atoms with E-state index in [4.69, 9.17) is 0 Å². The summed E-state index contributed by atoms with van der Waals surface area (Å²) >= 11 is 0. The van der Waals surface area contributed by atoms with Crippen LogP contribution in [0.3, 0.4) is 0 Å². The van der Waals surface area contributed by atoms with Crippen LogP contribution in [0.5, 0.6) is 0 Å². The van der Waals surface area contributed by atoms with Crippen LogP contribution in [-0.2, 0) is 0 Å². The number of anilines is 3. The molecule has 0 saturated carbocycles. The molecule has 5 aromatic carbocycles. The first-order valence-corrected chi connectivity index (χ1v) is 22.1. The predicted molar refractivity (Wildman–Crippen MR) is 270 cm³/mol. The van der Waals surface area contributed by atoms with Gasteiger partial charge in [-0.3, -0.25) is 0 Å². The van der Waals surface area contributed by atoms with Crippen molar-refractivity contribution in [3.05, 3.63) is 242 Å². The molecule has 0 spiro atoms. The normalized spacial score (nSPS) is 15.1. The number of hydrogen-bond donors (Lipinski definition) is 0. The number of nitrogens with zero attached hydrogens (tertiary/aromatic N) is 2. The summed E-state index contributed by atoms with van der Waals surface area (Å²) in [5.41, 5.74) is 14.6. The van der Waals surface area contributed by atoms with Gasteiger partial charge >= 0.3 is 0 Å². The highest BCUT2D eigenvalue weighted by molar-refractivity contribution is 5.79. The van der Waals surface area contributed by atoms with Crippen LogP contribution in [0.25, 0.3) is 27.8 Å². The molecule has 0 heterocycles. The number of hydrogen-bond acceptors (Lipinski definition) is 2. The maximum Gasteiger partial charge on any atom is 0.0554 e. The molecule has 0 aliphatic heterocycles. The molecule has 2 aliphatic carbocycles. The minimum atomic E-state index is 0.132. The van der Waals surface area contributed by atoms with Crippen LogP contribution in [0, 0.1) is 5.92 Å². The SMILES string of the molecule is C=C/C=C\C(=C/C)N(c1ccc(C2=CC=C(C3C=CC(N(c4cccc(-c5ccccc5)c4)C(C=C)C/C=C\C)=CC3)C2)cc1)c1cccc(-c2ccccc2)c1.CC.CC. The van der Waals surface area contributed by atoms with Gasteiger partial charge in [0, 0.05) is 34.4 Å². The average molecular weight is 801 g/mol. The van der Waals surface area contributed by atoms with Gasteiger partial charge in [0.15, 0.2) is 0 Å². The number of rotatable bonds is 15. The Bertz CT molecular complexity index is 2380. The quantitative estimate of drug-likeness (QED) is 0.0769. The second-order valence-corrected chi connectivity index (χ2v) is 14.4. The van der Waals surface area contributed by atoms with Gasteiger partial charge in [0.2, 0.25) is 0 Å². The molecule has 5 aromatic rings. The monoisotopic (exact) mass is 801 g/mol. The van der Waals surface area contributed by atoms with E-state index in [1.54, 1.807) is 0 Å². The van der Waals surface area contributed by atoms with Crippen LogP contribution in [0.15, 0.2) is 236 Å². The first-order chi connectivity index (χ1) is 30.1. The second-order valence-electron chi connectivity index (χ2n) is 14.4. The smallest absolute Gasteiger partial charge is 0.0554 e. The van der Waals surface area contributed by atoms with Crippen molar-refractivity contribution < 1.29 is 0 Å². The molecule has 2 aliphatic rings. The summed E-state index contributed by atoms with van der Waals surface area (Å²) in [6.45, 7) is 20.4. The molecule has 2 unspecified atom stereocenters. The minimum absolute atomic E-state index is 0.132. The standard InChI is InChI=1S/C55H52N2.2C2H6/c1-5-9-25-50(7-3)56(54-27-17-23-46(40-54)42-19-13-11-14-20-42)52-35-31-44(32-36-52)48-29-30-49(39-48)45-33-37-53(38-34-45)57(51(8-4)26-10-6-2)55-28-18-24-47(41-55)43-21-15-12-16-22-43;2*1-2/h5-25,27-33,35-38,40-41,45,51H,1,4,26,34,39H2,2-3H3;2*1-2H3/b10-6-,25-9-,50-7+;;. The Balaban J connectivity index is 0.00000171. The Hall–Kier alpha value is -6.64. The topological polar surface area (TPSA) is 6.48 Å². The van der Waals surface area contributed by atoms with E-state index in [9.17, 15) is 0 Å². The van der Waals surface area contributed by atoms with Crippen molar-refractivity contribution in [1.82, 2.24) is 0 Å². The zero-order valence-electron chi connectivity index (χ0n) is 37.2. The first-order valence-electron chi connectivity index (χ1n) is 22.1. The van der Waals surface area contributed by atoms with Gasteiger partial charge in [-0.1, -0.05) is 198 Å². The molecular weight excluding hydrogens is 737 g/mol. The molecule has 7 rings (SSSR count). The Labute approximate surface area is 368 Å². The molecule has 61 heavy (non-hydrogen) atoms. The van der Waals surface area contributed by atoms with Gasteiger partial charge in [-0.05, 0) is 115 Å². The molecule has 2 heteroatoms. The van der Waals surface area contributed by atoms with Crippen LogP contribution >= 0.6 is 0 Å². The van der Waals surface area contributed by atoms with E-state index < -0.39 is 0 Å². The van der Waals surface area contributed by atoms with E-state index in [0.29, 0.717) is 5.92 Å². The van der Waals surface area contributed by atoms with Crippen LogP contribution in [0.2, 0.25) is 0 Å². The third-order valence-corrected chi connectivity index (χ3v) is 10.8. The fraction of sp³-hybridized carbons (Fsp3) is 0.186. The van der Waals surface area contributed by atoms with Crippen molar-refractivity contribution in [1.29, 1.82) is 0 Å². The van der Waals surface area contributed by atoms with Gasteiger partial charge in [-0.15, -0.1) is 6.58 Å². The van der Waals surface area contributed by atoms with Crippen molar-refractivity contribution in [3.8, 4) is 22.3 Å². The molecule has 0 fully saturated rings. The highest BCUT2D eigenvalue weighted by Gasteiger charge is 2.24. The summed E-state index contributed by atoms with van der Waals surface area (Å²) < 4.78 is 0. The molecule has 0 radical (unpaired) electrons. The minimum Gasteiger partial charge on any atom is -0.335 e. The highest BCUT2D eigenvalue weighted by Crippen LogP contribution is 2.40. The van der Waals surface area contributed by atoms with Crippen LogP contribution in [0.4, 0.5) is 17.1 Å². The number of allylic oxidation sites excluding steroid dienone is 12. The summed E-state index contributed by atoms with van der Waals surface area (Å²) in [7, 11) is 0. The molecule has 310 valence electrons. The van der Waals surface area contributed by atoms with E-state index >= 15 is 0 Å². The van der Waals surface area contributed by atoms with Crippen LogP contribution in [0.1, 0.15) is 66.4 Å². The molecule has 0 bridgehead atoms. The average Bonchev–Trinajstić information content (AvgIpc) is 3.84. The van der Waals surface area contributed by atoms with Gasteiger partial charge < -0.3 is 9.80 Å². The van der Waals surface area contributed by atoms with E-state index in [1.807, 2.05) is 39.8 Å². The lowest BCUT2D eigenvalue weighted by atomic mass is 9.88. The lowest BCUT2D eigenvalue weighted by Gasteiger charge is -2.34. The lowest BCUT2D eigenvalue weighted by Crippen LogP contribution is -2.33. The van der Waals surface area contributed by atoms with Gasteiger partial charge in [-0.2, -0.15) is 0 Å². The second kappa shape index (κ2) is 23.8. The summed E-state index contributed by atoms with van der Waals surface area (Å²) in [6.07, 6.45) is 29.1. The third-order valence-electron chi connectivity index (χ3n) is 10.8. The van der Waals surface area contributed by atoms with Gasteiger partial charge in [0.1, 0.15) is 0 Å². The maximum atomic E-state index is 4.27. The van der Waals surface area contributed by atoms with Crippen molar-refractivity contribution in [3.63, 3.8) is 0 Å². The molecule has 0 aromatic heterocycles. The van der Waals surface area contributed by atoms with Crippen molar-refractivity contribution in [2.45, 2.75) is 66.8 Å². The van der Waals surface area contributed by atoms with Gasteiger partial charge in [0.05, 0.1) is 6.04 Å². The molecule has 2 atom stereocenters. The summed E-state index contributed by atoms with van der Waals surface area (Å²) in [4.78, 5) is 4.77. The Morgan fingerprint density at radius 2 is 1.28 bits per heavy atom. The zero-order valence-corrected chi connectivity index (χ0v) is 37.2. The fourth-order valence-corrected chi connectivity index (χ4v) is 7.83. The van der Waals surface area contributed by atoms with Crippen LogP contribution in [-0.4, -0.2) is 6.04 Å². The van der Waals surface area contributed by atoms with Gasteiger partial charge in [0.25, 0.3) is 0 Å². The molecule has 0 amide bonds. The van der Waals surface area contributed by atoms with E-state index in [0.717, 1.165) is 36.3 Å². The largest absolute Gasteiger partial charge is 0.335 e. The zero-order chi connectivity index (χ0) is 43.4. The predicted octanol–water partition coefficient (Wildman–Crippen LogP) is 17.1. The maximum absolute atomic E-state index is 4.27. The molecule has 0 saturated heterocycles. The fourth-order valence-electron chi connectivity index (χ4n) is 7.83. The summed E-state index contributed by atoms with van der Waals surface area (Å²) in [5.74, 6) is 0.360. The first kappa shape index (κ1) is 45.4. The molecule has 0 N–H and O–H groups in total. The molecule has 2 nitrogen and oxygen atoms in total. The van der Waals surface area contributed by atoms with E-state index in [1.165, 1.54) is 50.3 Å². The van der Waals surface area contributed by atoms with E-state index in [-0.39, 0.29) is 6.04 Å². The van der Waals surface area contributed by atoms with E-state index in [2.05, 4.69) is 231 Å². The Morgan fingerprint density at radius 1 is 0.672 bits per heavy atom. The van der Waals surface area contributed by atoms with Crippen molar-refractivity contribution in [2.24, 2.45) is 5.92 Å².